The van der Waals surface area contributed by atoms with Crippen LogP contribution in [0.1, 0.15) is 31.9 Å². The van der Waals surface area contributed by atoms with E-state index in [1.807, 2.05) is 18.2 Å². The van der Waals surface area contributed by atoms with Crippen LogP contribution in [0.15, 0.2) is 30.3 Å². The van der Waals surface area contributed by atoms with Crippen LogP contribution < -0.4 is 11.1 Å². The van der Waals surface area contributed by atoms with Crippen LogP contribution in [0.3, 0.4) is 0 Å². The molecule has 0 aliphatic rings. The number of nitrogens with two attached hydrogens (primary N) is 1. The van der Waals surface area contributed by atoms with Crippen molar-refractivity contribution in [2.75, 3.05) is 6.54 Å². The van der Waals surface area contributed by atoms with Crippen molar-refractivity contribution in [2.24, 2.45) is 5.73 Å². The molecule has 0 bridgehead atoms. The molecule has 78 valence electrons. The lowest BCUT2D eigenvalue weighted by Gasteiger charge is -2.16. The van der Waals surface area contributed by atoms with Gasteiger partial charge in [0, 0.05) is 18.6 Å². The van der Waals surface area contributed by atoms with E-state index in [2.05, 4.69) is 31.3 Å². The fourth-order valence-electron chi connectivity index (χ4n) is 1.29. The Morgan fingerprint density at radius 3 is 2.50 bits per heavy atom. The summed E-state index contributed by atoms with van der Waals surface area (Å²) in [6.07, 6.45) is 1.14. The molecule has 0 aromatic heterocycles. The van der Waals surface area contributed by atoms with Crippen molar-refractivity contribution in [3.63, 3.8) is 0 Å². The maximum absolute atomic E-state index is 6.04. The van der Waals surface area contributed by atoms with Gasteiger partial charge < -0.3 is 11.1 Å². The van der Waals surface area contributed by atoms with Gasteiger partial charge in [0.1, 0.15) is 0 Å². The maximum atomic E-state index is 6.04. The quantitative estimate of drug-likeness (QED) is 0.749. The molecule has 0 fully saturated rings. The summed E-state index contributed by atoms with van der Waals surface area (Å²) in [5, 5.41) is 3.41. The first-order valence-corrected chi connectivity index (χ1v) is 5.28. The molecule has 0 saturated carbocycles. The van der Waals surface area contributed by atoms with E-state index < -0.39 is 0 Å². The van der Waals surface area contributed by atoms with Crippen molar-refractivity contribution < 1.29 is 0 Å². The molecule has 2 unspecified atom stereocenters. The summed E-state index contributed by atoms with van der Waals surface area (Å²) < 4.78 is 0. The highest BCUT2D eigenvalue weighted by molar-refractivity contribution is 5.18. The largest absolute Gasteiger partial charge is 0.323 e. The molecule has 3 N–H and O–H groups in total. The van der Waals surface area contributed by atoms with Crippen molar-refractivity contribution in [3.8, 4) is 0 Å². The third-order valence-corrected chi connectivity index (χ3v) is 2.53. The van der Waals surface area contributed by atoms with E-state index in [4.69, 9.17) is 5.73 Å². The summed E-state index contributed by atoms with van der Waals surface area (Å²) in [6, 6.07) is 10.9. The summed E-state index contributed by atoms with van der Waals surface area (Å²) in [7, 11) is 0. The Morgan fingerprint density at radius 1 is 1.29 bits per heavy atom. The van der Waals surface area contributed by atoms with Crippen LogP contribution >= 0.6 is 0 Å². The predicted molar refractivity (Wildman–Crippen MR) is 61.1 cm³/mol. The van der Waals surface area contributed by atoms with Gasteiger partial charge in [-0.25, -0.2) is 0 Å². The minimum atomic E-state index is 0.102. The van der Waals surface area contributed by atoms with Crippen molar-refractivity contribution in [3.05, 3.63) is 35.9 Å². The third-order valence-electron chi connectivity index (χ3n) is 2.53. The minimum absolute atomic E-state index is 0.102. The average Bonchev–Trinajstić information content (AvgIpc) is 2.26. The third kappa shape index (κ3) is 3.48. The summed E-state index contributed by atoms with van der Waals surface area (Å²) in [5.74, 6) is 0. The van der Waals surface area contributed by atoms with Gasteiger partial charge in [-0.2, -0.15) is 0 Å². The molecule has 0 saturated heterocycles. The van der Waals surface area contributed by atoms with Crippen LogP contribution in [0.4, 0.5) is 0 Å². The van der Waals surface area contributed by atoms with Crippen LogP contribution in [0.2, 0.25) is 0 Å². The Bertz CT molecular complexity index is 246. The molecule has 1 rings (SSSR count). The summed E-state index contributed by atoms with van der Waals surface area (Å²) in [5.41, 5.74) is 7.23. The Hall–Kier alpha value is -0.860. The van der Waals surface area contributed by atoms with Crippen LogP contribution in [0.25, 0.3) is 0 Å². The highest BCUT2D eigenvalue weighted by Gasteiger charge is 2.05. The van der Waals surface area contributed by atoms with Crippen molar-refractivity contribution >= 4 is 0 Å². The van der Waals surface area contributed by atoms with Gasteiger partial charge in [-0.15, -0.1) is 0 Å². The lowest BCUT2D eigenvalue weighted by Crippen LogP contribution is -2.33. The number of hydrogen-bond donors (Lipinski definition) is 2. The molecular weight excluding hydrogens is 172 g/mol. The van der Waals surface area contributed by atoms with E-state index in [1.54, 1.807) is 0 Å². The summed E-state index contributed by atoms with van der Waals surface area (Å²) >= 11 is 0. The van der Waals surface area contributed by atoms with Gasteiger partial charge in [0.15, 0.2) is 0 Å². The number of rotatable bonds is 5. The molecule has 0 radical (unpaired) electrons. The molecule has 14 heavy (non-hydrogen) atoms. The fourth-order valence-corrected chi connectivity index (χ4v) is 1.29. The first kappa shape index (κ1) is 11.2. The molecular formula is C12H20N2. The van der Waals surface area contributed by atoms with Crippen LogP contribution in [0.5, 0.6) is 0 Å². The number of nitrogens with one attached hydrogen (secondary N) is 1. The second-order valence-electron chi connectivity index (χ2n) is 3.73. The van der Waals surface area contributed by atoms with E-state index in [0.717, 1.165) is 13.0 Å². The first-order chi connectivity index (χ1) is 6.74. The van der Waals surface area contributed by atoms with E-state index in [-0.39, 0.29) is 6.04 Å². The maximum Gasteiger partial charge on any atom is 0.0421 e. The second kappa shape index (κ2) is 5.78. The van der Waals surface area contributed by atoms with Crippen LogP contribution in [-0.4, -0.2) is 12.6 Å². The van der Waals surface area contributed by atoms with Gasteiger partial charge in [0.25, 0.3) is 0 Å². The van der Waals surface area contributed by atoms with Crippen LogP contribution in [0, 0.1) is 0 Å². The second-order valence-corrected chi connectivity index (χ2v) is 3.73. The zero-order valence-corrected chi connectivity index (χ0v) is 9.03. The van der Waals surface area contributed by atoms with E-state index in [0.29, 0.717) is 6.04 Å². The Labute approximate surface area is 86.5 Å². The zero-order valence-electron chi connectivity index (χ0n) is 9.03. The van der Waals surface area contributed by atoms with Crippen molar-refractivity contribution in [1.29, 1.82) is 0 Å². The van der Waals surface area contributed by atoms with E-state index >= 15 is 0 Å². The highest BCUT2D eigenvalue weighted by Crippen LogP contribution is 2.08. The standard InChI is InChI=1S/C12H20N2/c1-3-10(2)14-9-12(13)11-7-5-4-6-8-11/h4-8,10,12,14H,3,9,13H2,1-2H3. The van der Waals surface area contributed by atoms with Crippen LogP contribution in [-0.2, 0) is 0 Å². The van der Waals surface area contributed by atoms with Gasteiger partial charge >= 0.3 is 0 Å². The van der Waals surface area contributed by atoms with Gasteiger partial charge in [-0.1, -0.05) is 37.3 Å². The lowest BCUT2D eigenvalue weighted by atomic mass is 10.1. The topological polar surface area (TPSA) is 38.0 Å². The minimum Gasteiger partial charge on any atom is -0.323 e. The molecule has 2 heteroatoms. The summed E-state index contributed by atoms with van der Waals surface area (Å²) in [6.45, 7) is 5.20. The highest BCUT2D eigenvalue weighted by atomic mass is 14.9. The van der Waals surface area contributed by atoms with Crippen molar-refractivity contribution in [2.45, 2.75) is 32.4 Å². The molecule has 2 nitrogen and oxygen atoms in total. The van der Waals surface area contributed by atoms with Gasteiger partial charge in [-0.3, -0.25) is 0 Å². The SMILES string of the molecule is CCC(C)NCC(N)c1ccccc1. The molecule has 0 aliphatic heterocycles. The van der Waals surface area contributed by atoms with Gasteiger partial charge in [0.05, 0.1) is 0 Å². The molecule has 0 heterocycles. The molecule has 2 atom stereocenters. The normalized spacial score (nSPS) is 15.1. The molecule has 1 aromatic rings. The zero-order chi connectivity index (χ0) is 10.4. The molecule has 0 spiro atoms. The average molecular weight is 192 g/mol. The smallest absolute Gasteiger partial charge is 0.0421 e. The first-order valence-electron chi connectivity index (χ1n) is 5.28. The van der Waals surface area contributed by atoms with Crippen molar-refractivity contribution in [1.82, 2.24) is 5.32 Å². The van der Waals surface area contributed by atoms with Gasteiger partial charge in [0.2, 0.25) is 0 Å². The van der Waals surface area contributed by atoms with Gasteiger partial charge in [-0.05, 0) is 18.9 Å². The fraction of sp³-hybridized carbons (Fsp3) is 0.500. The molecule has 0 aliphatic carbocycles. The Morgan fingerprint density at radius 2 is 1.93 bits per heavy atom. The number of benzene rings is 1. The number of hydrogen-bond acceptors (Lipinski definition) is 2. The van der Waals surface area contributed by atoms with E-state index in [9.17, 15) is 0 Å². The molecule has 1 aromatic carbocycles. The monoisotopic (exact) mass is 192 g/mol. The summed E-state index contributed by atoms with van der Waals surface area (Å²) in [4.78, 5) is 0. The predicted octanol–water partition coefficient (Wildman–Crippen LogP) is 2.07. The lowest BCUT2D eigenvalue weighted by molar-refractivity contribution is 0.500. The Balaban J connectivity index is 2.39. The molecule has 0 amide bonds. The Kier molecular flexibility index (Phi) is 4.63. The van der Waals surface area contributed by atoms with E-state index in [1.165, 1.54) is 5.56 Å².